The van der Waals surface area contributed by atoms with Gasteiger partial charge in [0, 0.05) is 5.56 Å². The third kappa shape index (κ3) is 3.43. The zero-order valence-corrected chi connectivity index (χ0v) is 11.5. The second-order valence-electron chi connectivity index (χ2n) is 3.90. The van der Waals surface area contributed by atoms with Gasteiger partial charge in [-0.1, -0.05) is 54.2 Å². The maximum absolute atomic E-state index is 13.5. The van der Waals surface area contributed by atoms with Crippen LogP contribution in [0.5, 0.6) is 5.75 Å². The van der Waals surface area contributed by atoms with E-state index in [1.54, 1.807) is 18.2 Å². The fourth-order valence-electron chi connectivity index (χ4n) is 1.54. The molecular formula is C14H11ClFNOS. The molecule has 2 nitrogen and oxygen atoms in total. The largest absolute Gasteiger partial charge is 0.484 e. The SMILES string of the molecule is NC(=S)c1ccc(COc2c(F)cccc2Cl)cc1. The van der Waals surface area contributed by atoms with E-state index in [0.717, 1.165) is 11.1 Å². The van der Waals surface area contributed by atoms with Gasteiger partial charge in [0.25, 0.3) is 0 Å². The molecule has 0 saturated carbocycles. The molecule has 2 aromatic carbocycles. The average molecular weight is 296 g/mol. The van der Waals surface area contributed by atoms with Crippen LogP contribution in [0.1, 0.15) is 11.1 Å². The van der Waals surface area contributed by atoms with E-state index in [1.807, 2.05) is 12.1 Å². The molecule has 0 unspecified atom stereocenters. The molecule has 0 aliphatic rings. The van der Waals surface area contributed by atoms with E-state index in [-0.39, 0.29) is 17.4 Å². The molecule has 0 fully saturated rings. The Hall–Kier alpha value is -1.65. The number of nitrogens with two attached hydrogens (primary N) is 1. The Bertz CT molecular complexity index is 581. The van der Waals surface area contributed by atoms with Gasteiger partial charge in [0.1, 0.15) is 11.6 Å². The van der Waals surface area contributed by atoms with Crippen LogP contribution in [0.15, 0.2) is 42.5 Å². The average Bonchev–Trinajstić information content (AvgIpc) is 2.38. The summed E-state index contributed by atoms with van der Waals surface area (Å²) in [7, 11) is 0. The van der Waals surface area contributed by atoms with Gasteiger partial charge < -0.3 is 10.5 Å². The Kier molecular flexibility index (Phi) is 4.35. The maximum Gasteiger partial charge on any atom is 0.174 e. The molecular weight excluding hydrogens is 285 g/mol. The molecule has 2 rings (SSSR count). The van der Waals surface area contributed by atoms with Crippen LogP contribution >= 0.6 is 23.8 Å². The molecule has 98 valence electrons. The molecule has 0 bridgehead atoms. The lowest BCUT2D eigenvalue weighted by molar-refractivity contribution is 0.290. The number of benzene rings is 2. The van der Waals surface area contributed by atoms with Crippen molar-refractivity contribution in [2.75, 3.05) is 0 Å². The molecule has 0 heterocycles. The summed E-state index contributed by atoms with van der Waals surface area (Å²) in [4.78, 5) is 0.338. The quantitative estimate of drug-likeness (QED) is 0.874. The predicted octanol–water partition coefficient (Wildman–Crippen LogP) is 3.69. The summed E-state index contributed by atoms with van der Waals surface area (Å²) in [6.45, 7) is 0.221. The molecule has 19 heavy (non-hydrogen) atoms. The standard InChI is InChI=1S/C14H11ClFNOS/c15-11-2-1-3-12(16)13(11)18-8-9-4-6-10(7-5-9)14(17)19/h1-7H,8H2,(H2,17,19). The van der Waals surface area contributed by atoms with Crippen molar-refractivity contribution in [3.63, 3.8) is 0 Å². The summed E-state index contributed by atoms with van der Waals surface area (Å²) in [6, 6.07) is 11.6. The number of ether oxygens (including phenoxy) is 1. The van der Waals surface area contributed by atoms with Gasteiger partial charge in [-0.15, -0.1) is 0 Å². The Morgan fingerprint density at radius 2 is 1.89 bits per heavy atom. The van der Waals surface area contributed by atoms with Crippen LogP contribution in [0.25, 0.3) is 0 Å². The minimum Gasteiger partial charge on any atom is -0.484 e. The smallest absolute Gasteiger partial charge is 0.174 e. The fraction of sp³-hybridized carbons (Fsp3) is 0.0714. The summed E-state index contributed by atoms with van der Waals surface area (Å²) in [5, 5.41) is 0.250. The molecule has 0 aromatic heterocycles. The lowest BCUT2D eigenvalue weighted by Gasteiger charge is -2.09. The minimum absolute atomic E-state index is 0.0580. The Labute approximate surface area is 120 Å². The van der Waals surface area contributed by atoms with E-state index in [4.69, 9.17) is 34.3 Å². The van der Waals surface area contributed by atoms with Crippen LogP contribution in [0.2, 0.25) is 5.02 Å². The van der Waals surface area contributed by atoms with E-state index >= 15 is 0 Å². The molecule has 0 radical (unpaired) electrons. The molecule has 2 aromatic rings. The normalized spacial score (nSPS) is 10.2. The lowest BCUT2D eigenvalue weighted by atomic mass is 10.1. The number of hydrogen-bond acceptors (Lipinski definition) is 2. The topological polar surface area (TPSA) is 35.2 Å². The van der Waals surface area contributed by atoms with E-state index < -0.39 is 5.82 Å². The van der Waals surface area contributed by atoms with Crippen LogP contribution in [0.4, 0.5) is 4.39 Å². The van der Waals surface area contributed by atoms with E-state index in [0.29, 0.717) is 4.99 Å². The van der Waals surface area contributed by atoms with Crippen LogP contribution in [-0.4, -0.2) is 4.99 Å². The number of halogens is 2. The third-order valence-corrected chi connectivity index (χ3v) is 3.07. The van der Waals surface area contributed by atoms with Gasteiger partial charge in [-0.2, -0.15) is 0 Å². The zero-order chi connectivity index (χ0) is 13.8. The van der Waals surface area contributed by atoms with Crippen LogP contribution in [-0.2, 0) is 6.61 Å². The monoisotopic (exact) mass is 295 g/mol. The number of hydrogen-bond donors (Lipinski definition) is 1. The van der Waals surface area contributed by atoms with E-state index in [1.165, 1.54) is 12.1 Å². The van der Waals surface area contributed by atoms with Gasteiger partial charge in [-0.3, -0.25) is 0 Å². The summed E-state index contributed by atoms with van der Waals surface area (Å²) < 4.78 is 18.9. The van der Waals surface area contributed by atoms with Crippen molar-refractivity contribution in [2.24, 2.45) is 5.73 Å². The van der Waals surface area contributed by atoms with Crippen molar-refractivity contribution in [3.05, 3.63) is 64.4 Å². The van der Waals surface area contributed by atoms with Crippen molar-refractivity contribution in [1.82, 2.24) is 0 Å². The molecule has 0 aliphatic heterocycles. The predicted molar refractivity (Wildman–Crippen MR) is 78.1 cm³/mol. The van der Waals surface area contributed by atoms with Crippen molar-refractivity contribution in [2.45, 2.75) is 6.61 Å². The summed E-state index contributed by atoms with van der Waals surface area (Å²) in [6.07, 6.45) is 0. The molecule has 5 heteroatoms. The number of rotatable bonds is 4. The molecule has 0 atom stereocenters. The Morgan fingerprint density at radius 1 is 1.21 bits per heavy atom. The van der Waals surface area contributed by atoms with E-state index in [9.17, 15) is 4.39 Å². The molecule has 2 N–H and O–H groups in total. The Balaban J connectivity index is 2.08. The number of para-hydroxylation sites is 1. The van der Waals surface area contributed by atoms with Crippen LogP contribution in [0, 0.1) is 5.82 Å². The first-order valence-electron chi connectivity index (χ1n) is 5.53. The minimum atomic E-state index is -0.479. The van der Waals surface area contributed by atoms with Gasteiger partial charge in [-0.25, -0.2) is 4.39 Å². The highest BCUT2D eigenvalue weighted by molar-refractivity contribution is 7.80. The summed E-state index contributed by atoms with van der Waals surface area (Å²) >= 11 is 10.7. The third-order valence-electron chi connectivity index (χ3n) is 2.54. The van der Waals surface area contributed by atoms with Gasteiger partial charge in [0.15, 0.2) is 11.6 Å². The molecule has 0 aliphatic carbocycles. The zero-order valence-electron chi connectivity index (χ0n) is 9.90. The van der Waals surface area contributed by atoms with Gasteiger partial charge in [0.2, 0.25) is 0 Å². The van der Waals surface area contributed by atoms with Gasteiger partial charge in [0.05, 0.1) is 5.02 Å². The summed E-state index contributed by atoms with van der Waals surface area (Å²) in [5.41, 5.74) is 7.16. The second-order valence-corrected chi connectivity index (χ2v) is 4.75. The van der Waals surface area contributed by atoms with Crippen molar-refractivity contribution < 1.29 is 9.13 Å². The number of thiocarbonyl (C=S) groups is 1. The first-order chi connectivity index (χ1) is 9.08. The highest BCUT2D eigenvalue weighted by atomic mass is 35.5. The van der Waals surface area contributed by atoms with Crippen molar-refractivity contribution in [3.8, 4) is 5.75 Å². The second kappa shape index (κ2) is 5.99. The lowest BCUT2D eigenvalue weighted by Crippen LogP contribution is -2.09. The molecule has 0 saturated heterocycles. The van der Waals surface area contributed by atoms with Crippen molar-refractivity contribution in [1.29, 1.82) is 0 Å². The van der Waals surface area contributed by atoms with E-state index in [2.05, 4.69) is 0 Å². The maximum atomic E-state index is 13.5. The van der Waals surface area contributed by atoms with Crippen LogP contribution in [0.3, 0.4) is 0 Å². The first-order valence-corrected chi connectivity index (χ1v) is 6.32. The van der Waals surface area contributed by atoms with Gasteiger partial charge in [-0.05, 0) is 17.7 Å². The molecule has 0 amide bonds. The highest BCUT2D eigenvalue weighted by Gasteiger charge is 2.08. The Morgan fingerprint density at radius 3 is 2.47 bits per heavy atom. The van der Waals surface area contributed by atoms with Crippen LogP contribution < -0.4 is 10.5 Å². The van der Waals surface area contributed by atoms with Crippen molar-refractivity contribution >= 4 is 28.8 Å². The van der Waals surface area contributed by atoms with Gasteiger partial charge >= 0.3 is 0 Å². The summed E-state index contributed by atoms with van der Waals surface area (Å²) in [5.74, 6) is -0.421. The molecule has 0 spiro atoms. The highest BCUT2D eigenvalue weighted by Crippen LogP contribution is 2.27. The first kappa shape index (κ1) is 13.8. The fourth-order valence-corrected chi connectivity index (χ4v) is 1.89.